The number of nitrogens with zero attached hydrogens (tertiary/aromatic N) is 3. The molecule has 0 aromatic rings. The van der Waals surface area contributed by atoms with Gasteiger partial charge in [-0.3, -0.25) is 4.79 Å². The molecule has 2 aliphatic rings. The molecule has 0 aromatic heterocycles. The second-order valence-corrected chi connectivity index (χ2v) is 5.71. The van der Waals surface area contributed by atoms with Gasteiger partial charge in [0.1, 0.15) is 0 Å². The Kier molecular flexibility index (Phi) is 5.60. The highest BCUT2D eigenvalue weighted by Crippen LogP contribution is 2.14. The van der Waals surface area contributed by atoms with Crippen LogP contribution in [0.2, 0.25) is 0 Å². The lowest BCUT2D eigenvalue weighted by atomic mass is 10.1. The molecule has 0 atom stereocenters. The molecule has 5 nitrogen and oxygen atoms in total. The molecule has 0 saturated carbocycles. The Morgan fingerprint density at radius 1 is 1.11 bits per heavy atom. The maximum absolute atomic E-state index is 12.1. The van der Waals surface area contributed by atoms with Gasteiger partial charge in [-0.15, -0.1) is 0 Å². The van der Waals surface area contributed by atoms with Crippen molar-refractivity contribution in [3.63, 3.8) is 0 Å². The van der Waals surface area contributed by atoms with Crippen molar-refractivity contribution in [2.24, 2.45) is 0 Å². The Morgan fingerprint density at radius 2 is 1.74 bits per heavy atom. The zero-order chi connectivity index (χ0) is 13.7. The maximum Gasteiger partial charge on any atom is 0.223 e. The summed E-state index contributed by atoms with van der Waals surface area (Å²) in [4.78, 5) is 18.9. The van der Waals surface area contributed by atoms with Crippen molar-refractivity contribution in [2.75, 3.05) is 60.0 Å². The highest BCUT2D eigenvalue weighted by atomic mass is 16.5. The molecule has 0 spiro atoms. The molecule has 2 heterocycles. The second-order valence-electron chi connectivity index (χ2n) is 5.71. The first-order valence-corrected chi connectivity index (χ1v) is 7.40. The summed E-state index contributed by atoms with van der Waals surface area (Å²) in [7, 11) is 3.91. The van der Waals surface area contributed by atoms with Gasteiger partial charge in [0.15, 0.2) is 0 Å². The standard InChI is InChI=1S/C14H27N3O2/c1-15-9-11-16(12-10-15)6-5-14(18)17-7-3-13(19-2)4-8-17/h13H,3-12H2,1-2H3. The average Bonchev–Trinajstić information content (AvgIpc) is 2.46. The molecule has 1 amide bonds. The van der Waals surface area contributed by atoms with Crippen LogP contribution >= 0.6 is 0 Å². The first kappa shape index (κ1) is 14.8. The van der Waals surface area contributed by atoms with Gasteiger partial charge in [-0.05, 0) is 19.9 Å². The monoisotopic (exact) mass is 269 g/mol. The number of methoxy groups -OCH3 is 1. The summed E-state index contributed by atoms with van der Waals surface area (Å²) in [5.74, 6) is 0.313. The van der Waals surface area contributed by atoms with E-state index in [-0.39, 0.29) is 0 Å². The molecule has 19 heavy (non-hydrogen) atoms. The van der Waals surface area contributed by atoms with Crippen LogP contribution < -0.4 is 0 Å². The van der Waals surface area contributed by atoms with Crippen LogP contribution in [0, 0.1) is 0 Å². The molecule has 0 N–H and O–H groups in total. The van der Waals surface area contributed by atoms with Gasteiger partial charge >= 0.3 is 0 Å². The lowest BCUT2D eigenvalue weighted by Crippen LogP contribution is -2.46. The quantitative estimate of drug-likeness (QED) is 0.733. The Bertz CT molecular complexity index is 282. The predicted molar refractivity (Wildman–Crippen MR) is 75.2 cm³/mol. The summed E-state index contributed by atoms with van der Waals surface area (Å²) in [5.41, 5.74) is 0. The van der Waals surface area contributed by atoms with Crippen LogP contribution in [0.4, 0.5) is 0 Å². The van der Waals surface area contributed by atoms with E-state index < -0.39 is 0 Å². The van der Waals surface area contributed by atoms with Crippen LogP contribution in [0.25, 0.3) is 0 Å². The van der Waals surface area contributed by atoms with E-state index >= 15 is 0 Å². The molecular formula is C14H27N3O2. The smallest absolute Gasteiger partial charge is 0.223 e. The molecule has 0 aliphatic carbocycles. The van der Waals surface area contributed by atoms with Crippen molar-refractivity contribution in [1.82, 2.24) is 14.7 Å². The van der Waals surface area contributed by atoms with Gasteiger partial charge in [0.25, 0.3) is 0 Å². The van der Waals surface area contributed by atoms with E-state index in [0.29, 0.717) is 18.4 Å². The molecule has 110 valence electrons. The lowest BCUT2D eigenvalue weighted by Gasteiger charge is -2.34. The summed E-state index contributed by atoms with van der Waals surface area (Å²) in [6.07, 6.45) is 2.98. The van der Waals surface area contributed by atoms with E-state index in [1.807, 2.05) is 4.90 Å². The van der Waals surface area contributed by atoms with Crippen molar-refractivity contribution >= 4 is 5.91 Å². The first-order chi connectivity index (χ1) is 9.19. The Labute approximate surface area is 116 Å². The van der Waals surface area contributed by atoms with Gasteiger partial charge in [-0.1, -0.05) is 0 Å². The van der Waals surface area contributed by atoms with E-state index in [0.717, 1.165) is 58.7 Å². The average molecular weight is 269 g/mol. The predicted octanol–water partition coefficient (Wildman–Crippen LogP) is 0.261. The van der Waals surface area contributed by atoms with Gasteiger partial charge in [0.05, 0.1) is 6.10 Å². The molecule has 2 saturated heterocycles. The highest BCUT2D eigenvalue weighted by Gasteiger charge is 2.23. The number of ether oxygens (including phenoxy) is 1. The SMILES string of the molecule is COC1CCN(C(=O)CCN2CCN(C)CC2)CC1. The van der Waals surface area contributed by atoms with Crippen LogP contribution in [0.1, 0.15) is 19.3 Å². The van der Waals surface area contributed by atoms with Gasteiger partial charge in [0, 0.05) is 59.3 Å². The van der Waals surface area contributed by atoms with Crippen molar-refractivity contribution in [3.8, 4) is 0 Å². The number of carbonyl (C=O) groups excluding carboxylic acids is 1. The molecule has 2 aliphatic heterocycles. The third-order valence-electron chi connectivity index (χ3n) is 4.37. The van der Waals surface area contributed by atoms with Gasteiger partial charge in [-0.25, -0.2) is 0 Å². The van der Waals surface area contributed by atoms with E-state index in [1.54, 1.807) is 7.11 Å². The number of hydrogen-bond donors (Lipinski definition) is 0. The van der Waals surface area contributed by atoms with Gasteiger partial charge < -0.3 is 19.4 Å². The summed E-state index contributed by atoms with van der Waals surface area (Å²) in [5, 5.41) is 0. The highest BCUT2D eigenvalue weighted by molar-refractivity contribution is 5.76. The molecule has 0 bridgehead atoms. The van der Waals surface area contributed by atoms with E-state index in [4.69, 9.17) is 4.74 Å². The minimum atomic E-state index is 0.313. The summed E-state index contributed by atoms with van der Waals surface area (Å²) in [6.45, 7) is 7.06. The van der Waals surface area contributed by atoms with Crippen LogP contribution in [0.5, 0.6) is 0 Å². The number of carbonyl (C=O) groups is 1. The lowest BCUT2D eigenvalue weighted by molar-refractivity contribution is -0.133. The van der Waals surface area contributed by atoms with Gasteiger partial charge in [0.2, 0.25) is 5.91 Å². The van der Waals surface area contributed by atoms with Crippen LogP contribution in [0.15, 0.2) is 0 Å². The molecular weight excluding hydrogens is 242 g/mol. The summed E-state index contributed by atoms with van der Waals surface area (Å²) < 4.78 is 5.33. The zero-order valence-electron chi connectivity index (χ0n) is 12.3. The minimum absolute atomic E-state index is 0.313. The number of piperidine rings is 1. The number of hydrogen-bond acceptors (Lipinski definition) is 4. The van der Waals surface area contributed by atoms with Gasteiger partial charge in [-0.2, -0.15) is 0 Å². The largest absolute Gasteiger partial charge is 0.381 e. The summed E-state index contributed by atoms with van der Waals surface area (Å²) in [6, 6.07) is 0. The van der Waals surface area contributed by atoms with Crippen molar-refractivity contribution < 1.29 is 9.53 Å². The van der Waals surface area contributed by atoms with Crippen LogP contribution in [0.3, 0.4) is 0 Å². The fourth-order valence-corrected chi connectivity index (χ4v) is 2.82. The van der Waals surface area contributed by atoms with E-state index in [2.05, 4.69) is 16.8 Å². The number of amides is 1. The number of likely N-dealkylation sites (tertiary alicyclic amines) is 1. The zero-order valence-corrected chi connectivity index (χ0v) is 12.3. The molecule has 5 heteroatoms. The number of piperazine rings is 1. The molecule has 0 aromatic carbocycles. The fraction of sp³-hybridized carbons (Fsp3) is 0.929. The number of likely N-dealkylation sites (N-methyl/N-ethyl adjacent to an activating group) is 1. The topological polar surface area (TPSA) is 36.0 Å². The molecule has 2 fully saturated rings. The summed E-state index contributed by atoms with van der Waals surface area (Å²) >= 11 is 0. The number of rotatable bonds is 4. The van der Waals surface area contributed by atoms with Crippen LogP contribution in [-0.4, -0.2) is 86.7 Å². The fourth-order valence-electron chi connectivity index (χ4n) is 2.82. The third-order valence-corrected chi connectivity index (χ3v) is 4.37. The Hall–Kier alpha value is -0.650. The van der Waals surface area contributed by atoms with Crippen molar-refractivity contribution in [2.45, 2.75) is 25.4 Å². The normalized spacial score (nSPS) is 23.8. The van der Waals surface area contributed by atoms with Crippen LogP contribution in [-0.2, 0) is 9.53 Å². The van der Waals surface area contributed by atoms with E-state index in [1.165, 1.54) is 0 Å². The van der Waals surface area contributed by atoms with E-state index in [9.17, 15) is 4.79 Å². The molecule has 2 rings (SSSR count). The third kappa shape index (κ3) is 4.44. The second kappa shape index (κ2) is 7.22. The first-order valence-electron chi connectivity index (χ1n) is 7.40. The van der Waals surface area contributed by atoms with Crippen molar-refractivity contribution in [1.29, 1.82) is 0 Å². The Morgan fingerprint density at radius 3 is 2.32 bits per heavy atom. The van der Waals surface area contributed by atoms with Crippen molar-refractivity contribution in [3.05, 3.63) is 0 Å². The Balaban J connectivity index is 1.64. The molecule has 0 unspecified atom stereocenters. The maximum atomic E-state index is 12.1. The minimum Gasteiger partial charge on any atom is -0.381 e. The molecule has 0 radical (unpaired) electrons.